The van der Waals surface area contributed by atoms with Crippen molar-refractivity contribution in [1.82, 2.24) is 0 Å². The Hall–Kier alpha value is -1.30. The molecule has 0 bridgehead atoms. The van der Waals surface area contributed by atoms with Gasteiger partial charge in [-0.25, -0.2) is 4.79 Å². The van der Waals surface area contributed by atoms with Crippen molar-refractivity contribution in [3.05, 3.63) is 5.21 Å². The number of ether oxygens (including phenoxy) is 2. The van der Waals surface area contributed by atoms with E-state index in [0.717, 1.165) is 12.8 Å². The molecular formula is C13H21NO5. The number of carbonyl (C=O) groups is 1. The van der Waals surface area contributed by atoms with E-state index in [4.69, 9.17) is 14.3 Å². The summed E-state index contributed by atoms with van der Waals surface area (Å²) in [6, 6.07) is 0. The van der Waals surface area contributed by atoms with E-state index in [-0.39, 0.29) is 29.2 Å². The Morgan fingerprint density at radius 3 is 2.84 bits per heavy atom. The van der Waals surface area contributed by atoms with Crippen molar-refractivity contribution in [2.24, 2.45) is 5.92 Å². The Morgan fingerprint density at radius 2 is 2.21 bits per heavy atom. The summed E-state index contributed by atoms with van der Waals surface area (Å²) < 4.78 is 10.7. The molecule has 2 heterocycles. The molecular weight excluding hydrogens is 250 g/mol. The summed E-state index contributed by atoms with van der Waals surface area (Å²) in [5, 5.41) is 12.0. The maximum absolute atomic E-state index is 12.0. The predicted octanol–water partition coefficient (Wildman–Crippen LogP) is 1.41. The number of hydrogen-bond acceptors (Lipinski definition) is 5. The Bertz CT molecular complexity index is 404. The molecule has 0 aliphatic carbocycles. The molecule has 0 saturated carbocycles. The van der Waals surface area contributed by atoms with Crippen molar-refractivity contribution < 1.29 is 24.0 Å². The zero-order valence-electron chi connectivity index (χ0n) is 11.8. The average molecular weight is 271 g/mol. The van der Waals surface area contributed by atoms with Gasteiger partial charge in [-0.05, 0) is 40.5 Å². The molecule has 2 rings (SSSR count). The zero-order valence-corrected chi connectivity index (χ0v) is 11.8. The molecule has 3 atom stereocenters. The number of rotatable bonds is 2. The van der Waals surface area contributed by atoms with E-state index < -0.39 is 17.7 Å². The van der Waals surface area contributed by atoms with Crippen molar-refractivity contribution in [2.75, 3.05) is 6.61 Å². The van der Waals surface area contributed by atoms with Gasteiger partial charge in [-0.1, -0.05) is 0 Å². The molecule has 6 nitrogen and oxygen atoms in total. The van der Waals surface area contributed by atoms with Gasteiger partial charge in [0.1, 0.15) is 0 Å². The van der Waals surface area contributed by atoms with Crippen LogP contribution < -0.4 is 0 Å². The first-order chi connectivity index (χ1) is 8.86. The van der Waals surface area contributed by atoms with Crippen LogP contribution in [0.2, 0.25) is 0 Å². The predicted molar refractivity (Wildman–Crippen MR) is 67.5 cm³/mol. The van der Waals surface area contributed by atoms with Gasteiger partial charge in [-0.3, -0.25) is 5.21 Å². The van der Waals surface area contributed by atoms with Gasteiger partial charge < -0.3 is 14.3 Å². The van der Waals surface area contributed by atoms with Crippen molar-refractivity contribution in [3.63, 3.8) is 0 Å². The minimum atomic E-state index is -0.655. The summed E-state index contributed by atoms with van der Waals surface area (Å²) in [5.41, 5.74) is -0.722. The Morgan fingerprint density at radius 1 is 1.53 bits per heavy atom. The lowest BCUT2D eigenvalue weighted by Gasteiger charge is -2.46. The molecule has 6 heteroatoms. The standard InChI is InChI=1S/C13H21NO5/c1-5-17-12(15)10-11-9(7-6-8(2)18-11)13(3,4)19-14(10)16/h8-9,11H,5-7H2,1-4H3/t8-,9-,11-/m0/s1. The second-order valence-electron chi connectivity index (χ2n) is 5.61. The van der Waals surface area contributed by atoms with Crippen LogP contribution in [0, 0.1) is 11.1 Å². The summed E-state index contributed by atoms with van der Waals surface area (Å²) in [6.45, 7) is 7.54. The van der Waals surface area contributed by atoms with Crippen molar-refractivity contribution in [3.8, 4) is 0 Å². The number of hydrogen-bond donors (Lipinski definition) is 0. The lowest BCUT2D eigenvalue weighted by molar-refractivity contribution is -0.774. The Kier molecular flexibility index (Phi) is 3.71. The van der Waals surface area contributed by atoms with Gasteiger partial charge in [0.15, 0.2) is 6.10 Å². The van der Waals surface area contributed by atoms with Gasteiger partial charge in [-0.2, -0.15) is 0 Å². The fraction of sp³-hybridized carbons (Fsp3) is 0.846. The van der Waals surface area contributed by atoms with Crippen LogP contribution in [0.3, 0.4) is 0 Å². The fourth-order valence-corrected chi connectivity index (χ4v) is 2.78. The number of nitrogens with zero attached hydrogens (tertiary/aromatic N) is 1. The van der Waals surface area contributed by atoms with Crippen LogP contribution in [0.25, 0.3) is 0 Å². The maximum atomic E-state index is 12.0. The van der Waals surface area contributed by atoms with Crippen molar-refractivity contribution in [1.29, 1.82) is 0 Å². The molecule has 0 unspecified atom stereocenters. The number of carbonyl (C=O) groups excluding carboxylic acids is 1. The summed E-state index contributed by atoms with van der Waals surface area (Å²) in [6.07, 6.45) is 1.22. The smallest absolute Gasteiger partial charge is 0.408 e. The van der Waals surface area contributed by atoms with E-state index in [9.17, 15) is 10.0 Å². The normalized spacial score (nSPS) is 33.4. The third-order valence-electron chi connectivity index (χ3n) is 3.79. The largest absolute Gasteiger partial charge is 0.458 e. The van der Waals surface area contributed by atoms with Gasteiger partial charge in [0.25, 0.3) is 0 Å². The molecule has 0 radical (unpaired) electrons. The van der Waals surface area contributed by atoms with Gasteiger partial charge >= 0.3 is 11.7 Å². The third kappa shape index (κ3) is 2.54. The van der Waals surface area contributed by atoms with Gasteiger partial charge in [-0.15, -0.1) is 0 Å². The molecule has 1 fully saturated rings. The zero-order chi connectivity index (χ0) is 14.2. The number of esters is 1. The molecule has 1 saturated heterocycles. The highest BCUT2D eigenvalue weighted by Gasteiger charge is 2.53. The summed E-state index contributed by atoms with van der Waals surface area (Å²) in [5.74, 6) is -0.676. The lowest BCUT2D eigenvalue weighted by atomic mass is 9.77. The van der Waals surface area contributed by atoms with E-state index in [0.29, 0.717) is 0 Å². The van der Waals surface area contributed by atoms with E-state index in [2.05, 4.69) is 0 Å². The summed E-state index contributed by atoms with van der Waals surface area (Å²) in [7, 11) is 0. The lowest BCUT2D eigenvalue weighted by Crippen LogP contribution is -2.59. The van der Waals surface area contributed by atoms with Crippen LogP contribution >= 0.6 is 0 Å². The maximum Gasteiger partial charge on any atom is 0.408 e. The van der Waals surface area contributed by atoms with E-state index >= 15 is 0 Å². The van der Waals surface area contributed by atoms with Gasteiger partial charge in [0.2, 0.25) is 0 Å². The molecule has 0 aromatic heterocycles. The fourth-order valence-electron chi connectivity index (χ4n) is 2.78. The van der Waals surface area contributed by atoms with Crippen LogP contribution in [0.1, 0.15) is 40.5 Å². The molecule has 0 amide bonds. The van der Waals surface area contributed by atoms with Crippen LogP contribution in [0.4, 0.5) is 0 Å². The van der Waals surface area contributed by atoms with Crippen LogP contribution in [-0.2, 0) is 19.1 Å². The highest BCUT2D eigenvalue weighted by atomic mass is 16.9. The Balaban J connectivity index is 2.36. The second kappa shape index (κ2) is 5.00. The summed E-state index contributed by atoms with van der Waals surface area (Å²) in [4.78, 5) is 17.5. The van der Waals surface area contributed by atoms with Gasteiger partial charge in [0.05, 0.1) is 23.2 Å². The minimum absolute atomic E-state index is 0.0201. The Labute approximate surface area is 112 Å². The monoisotopic (exact) mass is 271 g/mol. The molecule has 0 aromatic rings. The van der Waals surface area contributed by atoms with Gasteiger partial charge in [0, 0.05) is 5.92 Å². The number of fused-ring (bicyclic) bond motifs is 1. The molecule has 108 valence electrons. The average Bonchev–Trinajstić information content (AvgIpc) is 2.27. The van der Waals surface area contributed by atoms with E-state index in [1.54, 1.807) is 6.92 Å². The second-order valence-corrected chi connectivity index (χ2v) is 5.61. The SMILES string of the molecule is CCOC(=O)C1=[N+]([O-])OC(C)(C)[C@H]2CC[C@H](C)O[C@H]12. The third-order valence-corrected chi connectivity index (χ3v) is 3.79. The summed E-state index contributed by atoms with van der Waals surface area (Å²) >= 11 is 0. The topological polar surface area (TPSA) is 70.8 Å². The highest BCUT2D eigenvalue weighted by Crippen LogP contribution is 2.38. The van der Waals surface area contributed by atoms with E-state index in [1.165, 1.54) is 0 Å². The van der Waals surface area contributed by atoms with Crippen LogP contribution in [0.15, 0.2) is 0 Å². The first-order valence-corrected chi connectivity index (χ1v) is 6.72. The molecule has 0 aromatic carbocycles. The van der Waals surface area contributed by atoms with Crippen LogP contribution in [-0.4, -0.2) is 41.0 Å². The first kappa shape index (κ1) is 14.1. The minimum Gasteiger partial charge on any atom is -0.458 e. The molecule has 0 spiro atoms. The quantitative estimate of drug-likeness (QED) is 0.561. The van der Waals surface area contributed by atoms with Crippen molar-refractivity contribution in [2.45, 2.75) is 58.3 Å². The molecule has 19 heavy (non-hydrogen) atoms. The van der Waals surface area contributed by atoms with Crippen LogP contribution in [0.5, 0.6) is 0 Å². The first-order valence-electron chi connectivity index (χ1n) is 6.72. The van der Waals surface area contributed by atoms with E-state index in [1.807, 2.05) is 20.8 Å². The molecule has 2 aliphatic heterocycles. The van der Waals surface area contributed by atoms with Crippen molar-refractivity contribution >= 4 is 11.7 Å². The molecule has 0 N–H and O–H groups in total. The highest BCUT2D eigenvalue weighted by molar-refractivity contribution is 6.36. The molecule has 2 aliphatic rings.